The molecule has 2 N–H and O–H groups in total. The number of hydrogen-bond acceptors (Lipinski definition) is 3. The first-order valence-electron chi connectivity index (χ1n) is 7.30. The highest BCUT2D eigenvalue weighted by Gasteiger charge is 2.20. The summed E-state index contributed by atoms with van der Waals surface area (Å²) in [4.78, 5) is 37.2. The summed E-state index contributed by atoms with van der Waals surface area (Å²) in [5.74, 6) is -1.13. The van der Waals surface area contributed by atoms with Crippen LogP contribution in [0.4, 0.5) is 0 Å². The quantitative estimate of drug-likeness (QED) is 0.813. The van der Waals surface area contributed by atoms with Gasteiger partial charge in [-0.25, -0.2) is 0 Å². The lowest BCUT2D eigenvalue weighted by atomic mass is 10.2. The highest BCUT2D eigenvalue weighted by molar-refractivity contribution is 6.39. The molecule has 1 saturated heterocycles. The first kappa shape index (κ1) is 17.6. The minimum Gasteiger partial charge on any atom is -0.333 e. The molecule has 1 aromatic rings. The van der Waals surface area contributed by atoms with E-state index >= 15 is 0 Å². The van der Waals surface area contributed by atoms with Gasteiger partial charge in [-0.15, -0.1) is 0 Å². The normalized spacial score (nSPS) is 15.0. The minimum atomic E-state index is -0.615. The molecule has 6 nitrogen and oxygen atoms in total. The smallest absolute Gasteiger partial charge is 0.272 e. The maximum absolute atomic E-state index is 12.0. The molecule has 1 heterocycles. The van der Waals surface area contributed by atoms with E-state index < -0.39 is 11.8 Å². The van der Waals surface area contributed by atoms with Crippen LogP contribution < -0.4 is 10.9 Å². The van der Waals surface area contributed by atoms with Crippen LogP contribution in [0.15, 0.2) is 18.2 Å². The Morgan fingerprint density at radius 3 is 2.48 bits per heavy atom. The molecule has 0 saturated carbocycles. The molecular formula is C15H17Cl2N3O3. The van der Waals surface area contributed by atoms with E-state index in [2.05, 4.69) is 10.9 Å². The fourth-order valence-corrected chi connectivity index (χ4v) is 2.89. The molecule has 0 unspecified atom stereocenters. The number of carbonyl (C=O) groups excluding carboxylic acids is 3. The molecule has 1 fully saturated rings. The monoisotopic (exact) mass is 357 g/mol. The summed E-state index contributed by atoms with van der Waals surface area (Å²) >= 11 is 11.8. The Hall–Kier alpha value is -1.79. The van der Waals surface area contributed by atoms with Gasteiger partial charge in [-0.2, -0.15) is 0 Å². The van der Waals surface area contributed by atoms with E-state index in [4.69, 9.17) is 23.2 Å². The average molecular weight is 358 g/mol. The van der Waals surface area contributed by atoms with Crippen LogP contribution in [0.25, 0.3) is 0 Å². The third-order valence-corrected chi connectivity index (χ3v) is 4.14. The number of rotatable bonds is 3. The van der Waals surface area contributed by atoms with Crippen LogP contribution in [-0.4, -0.2) is 35.7 Å². The van der Waals surface area contributed by atoms with E-state index in [1.807, 2.05) is 0 Å². The fraction of sp³-hybridized carbons (Fsp3) is 0.400. The van der Waals surface area contributed by atoms with Gasteiger partial charge in [0, 0.05) is 13.0 Å². The summed E-state index contributed by atoms with van der Waals surface area (Å²) in [5.41, 5.74) is 4.61. The van der Waals surface area contributed by atoms with Gasteiger partial charge in [-0.3, -0.25) is 25.2 Å². The SMILES string of the molecule is O=C(CN1CCCCCC1=O)NNC(=O)c1c(Cl)cccc1Cl. The van der Waals surface area contributed by atoms with Crippen LogP contribution in [-0.2, 0) is 9.59 Å². The third kappa shape index (κ3) is 4.84. The minimum absolute atomic E-state index is 0.0434. The number of nitrogens with zero attached hydrogens (tertiary/aromatic N) is 1. The number of hydrogen-bond donors (Lipinski definition) is 2. The fourth-order valence-electron chi connectivity index (χ4n) is 2.32. The second kappa shape index (κ2) is 8.17. The van der Waals surface area contributed by atoms with E-state index in [9.17, 15) is 14.4 Å². The predicted octanol–water partition coefficient (Wildman–Crippen LogP) is 2.16. The summed E-state index contributed by atoms with van der Waals surface area (Å²) in [7, 11) is 0. The molecule has 0 bridgehead atoms. The lowest BCUT2D eigenvalue weighted by Gasteiger charge is -2.20. The maximum atomic E-state index is 12.0. The standard InChI is InChI=1S/C15H17Cl2N3O3/c16-10-5-4-6-11(17)14(10)15(23)19-18-12(21)9-20-8-3-1-2-7-13(20)22/h4-6H,1-3,7-9H2,(H,18,21)(H,19,23). The number of benzene rings is 1. The van der Waals surface area contributed by atoms with Crippen molar-refractivity contribution in [1.82, 2.24) is 15.8 Å². The van der Waals surface area contributed by atoms with Crippen LogP contribution in [0.2, 0.25) is 10.0 Å². The molecule has 2 rings (SSSR count). The third-order valence-electron chi connectivity index (χ3n) is 3.51. The zero-order chi connectivity index (χ0) is 16.8. The molecule has 0 aliphatic carbocycles. The van der Waals surface area contributed by atoms with Gasteiger partial charge >= 0.3 is 0 Å². The second-order valence-corrected chi connectivity index (χ2v) is 6.04. The van der Waals surface area contributed by atoms with Crippen molar-refractivity contribution in [2.75, 3.05) is 13.1 Å². The van der Waals surface area contributed by atoms with Gasteiger partial charge in [0.2, 0.25) is 5.91 Å². The van der Waals surface area contributed by atoms with Gasteiger partial charge in [0.05, 0.1) is 15.6 Å². The van der Waals surface area contributed by atoms with Crippen molar-refractivity contribution in [1.29, 1.82) is 0 Å². The molecule has 124 valence electrons. The summed E-state index contributed by atoms with van der Waals surface area (Å²) in [6.07, 6.45) is 3.15. The Kier molecular flexibility index (Phi) is 6.24. The van der Waals surface area contributed by atoms with Gasteiger partial charge < -0.3 is 4.90 Å². The molecule has 0 spiro atoms. The van der Waals surface area contributed by atoms with Crippen molar-refractivity contribution in [2.24, 2.45) is 0 Å². The van der Waals surface area contributed by atoms with Gasteiger partial charge in [0.25, 0.3) is 11.8 Å². The number of likely N-dealkylation sites (tertiary alicyclic amines) is 1. The Bertz CT molecular complexity index is 602. The second-order valence-electron chi connectivity index (χ2n) is 5.22. The van der Waals surface area contributed by atoms with E-state index in [0.717, 1.165) is 19.3 Å². The molecule has 0 radical (unpaired) electrons. The first-order chi connectivity index (χ1) is 11.0. The largest absolute Gasteiger partial charge is 0.333 e. The van der Waals surface area contributed by atoms with Crippen LogP contribution in [0.1, 0.15) is 36.0 Å². The van der Waals surface area contributed by atoms with Crippen LogP contribution in [0.5, 0.6) is 0 Å². The highest BCUT2D eigenvalue weighted by atomic mass is 35.5. The number of amides is 3. The van der Waals surface area contributed by atoms with E-state index in [0.29, 0.717) is 13.0 Å². The van der Waals surface area contributed by atoms with E-state index in [1.165, 1.54) is 17.0 Å². The lowest BCUT2D eigenvalue weighted by Crippen LogP contribution is -2.47. The summed E-state index contributed by atoms with van der Waals surface area (Å²) in [6.45, 7) is 0.464. The molecule has 0 aromatic heterocycles. The lowest BCUT2D eigenvalue weighted by molar-refractivity contribution is -0.135. The topological polar surface area (TPSA) is 78.5 Å². The van der Waals surface area contributed by atoms with Gasteiger partial charge in [-0.1, -0.05) is 35.7 Å². The summed E-state index contributed by atoms with van der Waals surface area (Å²) in [5, 5.41) is 0.374. The van der Waals surface area contributed by atoms with Crippen molar-refractivity contribution < 1.29 is 14.4 Å². The van der Waals surface area contributed by atoms with Crippen molar-refractivity contribution in [3.8, 4) is 0 Å². The molecule has 1 aliphatic rings. The highest BCUT2D eigenvalue weighted by Crippen LogP contribution is 2.23. The Morgan fingerprint density at radius 1 is 1.09 bits per heavy atom. The summed E-state index contributed by atoms with van der Waals surface area (Å²) in [6, 6.07) is 4.67. The number of carbonyl (C=O) groups is 3. The van der Waals surface area contributed by atoms with Crippen molar-refractivity contribution in [3.05, 3.63) is 33.8 Å². The van der Waals surface area contributed by atoms with Gasteiger partial charge in [0.15, 0.2) is 0 Å². The first-order valence-corrected chi connectivity index (χ1v) is 8.05. The van der Waals surface area contributed by atoms with Crippen molar-refractivity contribution in [3.63, 3.8) is 0 Å². The van der Waals surface area contributed by atoms with Crippen molar-refractivity contribution >= 4 is 40.9 Å². The van der Waals surface area contributed by atoms with Crippen LogP contribution >= 0.6 is 23.2 Å². The Morgan fingerprint density at radius 2 is 1.78 bits per heavy atom. The van der Waals surface area contributed by atoms with Crippen LogP contribution in [0.3, 0.4) is 0 Å². The average Bonchev–Trinajstić information content (AvgIpc) is 2.70. The predicted molar refractivity (Wildman–Crippen MR) is 87.1 cm³/mol. The molecule has 23 heavy (non-hydrogen) atoms. The summed E-state index contributed by atoms with van der Waals surface area (Å²) < 4.78 is 0. The molecule has 1 aromatic carbocycles. The van der Waals surface area contributed by atoms with Crippen molar-refractivity contribution in [2.45, 2.75) is 25.7 Å². The molecule has 3 amide bonds. The maximum Gasteiger partial charge on any atom is 0.272 e. The van der Waals surface area contributed by atoms with Gasteiger partial charge in [-0.05, 0) is 25.0 Å². The Balaban J connectivity index is 1.89. The number of nitrogens with one attached hydrogen (secondary N) is 2. The zero-order valence-corrected chi connectivity index (χ0v) is 13.9. The van der Waals surface area contributed by atoms with Gasteiger partial charge in [0.1, 0.15) is 6.54 Å². The van der Waals surface area contributed by atoms with E-state index in [-0.39, 0.29) is 28.1 Å². The molecule has 1 aliphatic heterocycles. The molecule has 0 atom stereocenters. The number of halogens is 2. The Labute approximate surface area is 144 Å². The molecule has 8 heteroatoms. The van der Waals surface area contributed by atoms with E-state index in [1.54, 1.807) is 6.07 Å². The number of hydrazine groups is 1. The van der Waals surface area contributed by atoms with Crippen LogP contribution in [0, 0.1) is 0 Å². The molecular weight excluding hydrogens is 341 g/mol. The zero-order valence-electron chi connectivity index (χ0n) is 12.4.